The zero-order valence-electron chi connectivity index (χ0n) is 13.9. The minimum absolute atomic E-state index is 0.586. The number of hydrogen-bond acceptors (Lipinski definition) is 7. The van der Waals surface area contributed by atoms with Gasteiger partial charge in [0.2, 0.25) is 5.95 Å². The highest BCUT2D eigenvalue weighted by atomic mass is 35.5. The van der Waals surface area contributed by atoms with Crippen LogP contribution in [0.25, 0.3) is 11.2 Å². The van der Waals surface area contributed by atoms with Crippen LogP contribution in [0.4, 0.5) is 17.5 Å². The Hall–Kier alpha value is -2.51. The Morgan fingerprint density at radius 3 is 2.44 bits per heavy atom. The molecule has 0 aliphatic carbocycles. The molecule has 25 heavy (non-hydrogen) atoms. The lowest BCUT2D eigenvalue weighted by Crippen LogP contribution is -2.45. The van der Waals surface area contributed by atoms with Crippen LogP contribution in [0.5, 0.6) is 0 Å². The molecule has 2 aromatic heterocycles. The largest absolute Gasteiger partial charge is 0.338 e. The Kier molecular flexibility index (Phi) is 4.33. The van der Waals surface area contributed by atoms with Gasteiger partial charge in [0, 0.05) is 49.3 Å². The summed E-state index contributed by atoms with van der Waals surface area (Å²) in [6.07, 6.45) is 3.30. The monoisotopic (exact) mass is 355 g/mol. The third kappa shape index (κ3) is 3.47. The van der Waals surface area contributed by atoms with Crippen molar-refractivity contribution in [3.05, 3.63) is 41.7 Å². The Balaban J connectivity index is 1.72. The number of likely N-dealkylation sites (N-methyl/N-ethyl adjacent to an activating group) is 1. The maximum atomic E-state index is 5.96. The zero-order valence-corrected chi connectivity index (χ0v) is 14.6. The Labute approximate surface area is 150 Å². The highest BCUT2D eigenvalue weighted by molar-refractivity contribution is 6.30. The van der Waals surface area contributed by atoms with Crippen LogP contribution in [-0.2, 0) is 0 Å². The number of nitrogens with one attached hydrogen (secondary N) is 1. The molecular weight excluding hydrogens is 338 g/mol. The quantitative estimate of drug-likeness (QED) is 0.774. The molecule has 0 atom stereocenters. The number of benzene rings is 1. The minimum Gasteiger partial charge on any atom is -0.338 e. The summed E-state index contributed by atoms with van der Waals surface area (Å²) in [5, 5.41) is 4.00. The number of fused-ring (bicyclic) bond motifs is 1. The van der Waals surface area contributed by atoms with E-state index < -0.39 is 0 Å². The van der Waals surface area contributed by atoms with Crippen molar-refractivity contribution in [2.75, 3.05) is 43.4 Å². The lowest BCUT2D eigenvalue weighted by molar-refractivity contribution is 0.311. The predicted octanol–water partition coefficient (Wildman–Crippen LogP) is 2.57. The molecule has 1 aromatic carbocycles. The molecule has 1 N–H and O–H groups in total. The van der Waals surface area contributed by atoms with Gasteiger partial charge in [0.15, 0.2) is 17.0 Å². The predicted molar refractivity (Wildman–Crippen MR) is 99.6 cm³/mol. The average molecular weight is 356 g/mol. The van der Waals surface area contributed by atoms with E-state index in [2.05, 4.69) is 37.1 Å². The van der Waals surface area contributed by atoms with Gasteiger partial charge < -0.3 is 15.1 Å². The van der Waals surface area contributed by atoms with Gasteiger partial charge in [-0.2, -0.15) is 9.97 Å². The van der Waals surface area contributed by atoms with Crippen molar-refractivity contribution in [2.45, 2.75) is 0 Å². The van der Waals surface area contributed by atoms with Crippen LogP contribution in [0.3, 0.4) is 0 Å². The van der Waals surface area contributed by atoms with Crippen LogP contribution in [-0.4, -0.2) is 58.1 Å². The molecule has 3 aromatic rings. The smallest absolute Gasteiger partial charge is 0.229 e. The molecule has 0 amide bonds. The average Bonchev–Trinajstić information content (AvgIpc) is 2.64. The molecule has 7 nitrogen and oxygen atoms in total. The van der Waals surface area contributed by atoms with Crippen molar-refractivity contribution >= 4 is 40.2 Å². The van der Waals surface area contributed by atoms with E-state index in [1.165, 1.54) is 0 Å². The Bertz CT molecular complexity index is 876. The fourth-order valence-electron chi connectivity index (χ4n) is 2.76. The standard InChI is InChI=1S/C17H18ClN7/c1-24-8-10-25(11-9-24)17-22-15-14(19-6-7-20-15)16(23-17)21-13-4-2-12(18)3-5-13/h2-7H,8-11H2,1H3,(H,20,21,22,23). The Morgan fingerprint density at radius 1 is 0.960 bits per heavy atom. The van der Waals surface area contributed by atoms with Gasteiger partial charge in [-0.1, -0.05) is 11.6 Å². The molecule has 4 rings (SSSR count). The number of rotatable bonds is 3. The number of hydrogen-bond donors (Lipinski definition) is 1. The van der Waals surface area contributed by atoms with Crippen molar-refractivity contribution in [3.8, 4) is 0 Å². The fourth-order valence-corrected chi connectivity index (χ4v) is 2.88. The molecule has 1 saturated heterocycles. The third-order valence-electron chi connectivity index (χ3n) is 4.21. The maximum absolute atomic E-state index is 5.96. The molecule has 0 spiro atoms. The van der Waals surface area contributed by atoms with Crippen molar-refractivity contribution < 1.29 is 0 Å². The first kappa shape index (κ1) is 16.0. The second-order valence-corrected chi connectivity index (χ2v) is 6.46. The summed E-state index contributed by atoms with van der Waals surface area (Å²) in [5.41, 5.74) is 2.12. The molecular formula is C17H18ClN7. The second kappa shape index (κ2) is 6.78. The van der Waals surface area contributed by atoms with Crippen LogP contribution >= 0.6 is 11.6 Å². The molecule has 1 aliphatic heterocycles. The maximum Gasteiger partial charge on any atom is 0.229 e. The van der Waals surface area contributed by atoms with Gasteiger partial charge in [-0.15, -0.1) is 0 Å². The first-order valence-corrected chi connectivity index (χ1v) is 8.52. The van der Waals surface area contributed by atoms with Crippen LogP contribution in [0, 0.1) is 0 Å². The van der Waals surface area contributed by atoms with Gasteiger partial charge in [0.1, 0.15) is 0 Å². The zero-order chi connectivity index (χ0) is 17.2. The van der Waals surface area contributed by atoms with E-state index in [0.29, 0.717) is 28.0 Å². The van der Waals surface area contributed by atoms with E-state index in [4.69, 9.17) is 16.6 Å². The van der Waals surface area contributed by atoms with Gasteiger partial charge >= 0.3 is 0 Å². The number of anilines is 3. The molecule has 0 saturated carbocycles. The summed E-state index contributed by atoms with van der Waals surface area (Å²) in [7, 11) is 2.12. The first-order valence-electron chi connectivity index (χ1n) is 8.14. The molecule has 128 valence electrons. The van der Waals surface area contributed by atoms with E-state index in [0.717, 1.165) is 31.9 Å². The van der Waals surface area contributed by atoms with Crippen molar-refractivity contribution in [3.63, 3.8) is 0 Å². The summed E-state index contributed by atoms with van der Waals surface area (Å²) < 4.78 is 0. The van der Waals surface area contributed by atoms with Gasteiger partial charge in [-0.05, 0) is 31.3 Å². The number of nitrogens with zero attached hydrogens (tertiary/aromatic N) is 6. The number of aromatic nitrogens is 4. The van der Waals surface area contributed by atoms with Crippen molar-refractivity contribution in [1.82, 2.24) is 24.8 Å². The van der Waals surface area contributed by atoms with Gasteiger partial charge in [0.25, 0.3) is 0 Å². The van der Waals surface area contributed by atoms with E-state index in [9.17, 15) is 0 Å². The molecule has 1 aliphatic rings. The lowest BCUT2D eigenvalue weighted by Gasteiger charge is -2.32. The van der Waals surface area contributed by atoms with E-state index in [1.807, 2.05) is 24.3 Å². The summed E-state index contributed by atoms with van der Waals surface area (Å²) in [5.74, 6) is 1.33. The minimum atomic E-state index is 0.586. The summed E-state index contributed by atoms with van der Waals surface area (Å²) >= 11 is 5.96. The highest BCUT2D eigenvalue weighted by Gasteiger charge is 2.19. The van der Waals surface area contributed by atoms with E-state index in [-0.39, 0.29) is 0 Å². The van der Waals surface area contributed by atoms with Crippen molar-refractivity contribution in [1.29, 1.82) is 0 Å². The molecule has 8 heteroatoms. The molecule has 0 bridgehead atoms. The van der Waals surface area contributed by atoms with Crippen LogP contribution in [0.15, 0.2) is 36.7 Å². The highest BCUT2D eigenvalue weighted by Crippen LogP contribution is 2.25. The molecule has 0 radical (unpaired) electrons. The van der Waals surface area contributed by atoms with Gasteiger partial charge in [0.05, 0.1) is 0 Å². The third-order valence-corrected chi connectivity index (χ3v) is 4.47. The van der Waals surface area contributed by atoms with Gasteiger partial charge in [-0.25, -0.2) is 9.97 Å². The summed E-state index contributed by atoms with van der Waals surface area (Å²) in [6.45, 7) is 3.76. The first-order chi connectivity index (χ1) is 12.2. The lowest BCUT2D eigenvalue weighted by atomic mass is 10.3. The topological polar surface area (TPSA) is 70.1 Å². The molecule has 0 unspecified atom stereocenters. The van der Waals surface area contributed by atoms with Crippen LogP contribution in [0.2, 0.25) is 5.02 Å². The number of halogens is 1. The Morgan fingerprint density at radius 2 is 1.68 bits per heavy atom. The van der Waals surface area contributed by atoms with E-state index in [1.54, 1.807) is 12.4 Å². The fraction of sp³-hybridized carbons (Fsp3) is 0.294. The summed E-state index contributed by atoms with van der Waals surface area (Å²) in [6, 6.07) is 7.48. The normalized spacial score (nSPS) is 15.5. The van der Waals surface area contributed by atoms with Crippen molar-refractivity contribution in [2.24, 2.45) is 0 Å². The summed E-state index contributed by atoms with van der Waals surface area (Å²) in [4.78, 5) is 22.5. The van der Waals surface area contributed by atoms with Gasteiger partial charge in [-0.3, -0.25) is 0 Å². The number of piperazine rings is 1. The van der Waals surface area contributed by atoms with Crippen LogP contribution < -0.4 is 10.2 Å². The molecule has 3 heterocycles. The second-order valence-electron chi connectivity index (χ2n) is 6.02. The van der Waals surface area contributed by atoms with Crippen LogP contribution in [0.1, 0.15) is 0 Å². The SMILES string of the molecule is CN1CCN(c2nc(Nc3ccc(Cl)cc3)c3nccnc3n2)CC1. The van der Waals surface area contributed by atoms with E-state index >= 15 is 0 Å². The molecule has 1 fully saturated rings.